The Bertz CT molecular complexity index is 1530. The molecule has 3 heterocycles. The normalized spacial score (nSPS) is 18.5. The summed E-state index contributed by atoms with van der Waals surface area (Å²) >= 11 is 1.18. The Labute approximate surface area is 199 Å². The summed E-state index contributed by atoms with van der Waals surface area (Å²) in [6.45, 7) is 4.32. The number of amides is 1. The molecule has 2 aliphatic heterocycles. The number of carbonyl (C=O) groups is 2. The maximum Gasteiger partial charge on any atom is 0.338 e. The monoisotopic (exact) mass is 473 g/mol. The lowest BCUT2D eigenvalue weighted by atomic mass is 9.96. The van der Waals surface area contributed by atoms with Crippen LogP contribution in [0, 0.1) is 0 Å². The molecule has 1 aromatic heterocycles. The molecule has 172 valence electrons. The maximum absolute atomic E-state index is 13.9. The number of allylic oxidation sites excluding steroid dienone is 1. The fourth-order valence-corrected chi connectivity index (χ4v) is 5.78. The zero-order chi connectivity index (χ0) is 24.0. The highest BCUT2D eigenvalue weighted by molar-refractivity contribution is 7.07. The standard InChI is InChI=1S/C26H23N3O4S/c1-4-14-28-18-13-9-8-12-17(18)20(23(28)30)22-24(31)29-21(16-10-6-5-7-11-16)19(25(32)33-3)15(2)27-26(29)34-22/h5-13,21H,4,14H2,1-3H3/b22-20-. The fraction of sp³-hybridized carbons (Fsp3) is 0.231. The first-order valence-electron chi connectivity index (χ1n) is 11.1. The second kappa shape index (κ2) is 8.53. The number of thiazole rings is 1. The van der Waals surface area contributed by atoms with Gasteiger partial charge in [0.2, 0.25) is 0 Å². The van der Waals surface area contributed by atoms with E-state index >= 15 is 0 Å². The van der Waals surface area contributed by atoms with Crippen molar-refractivity contribution in [2.45, 2.75) is 26.3 Å². The van der Waals surface area contributed by atoms with Gasteiger partial charge in [-0.15, -0.1) is 0 Å². The van der Waals surface area contributed by atoms with Crippen molar-refractivity contribution in [1.82, 2.24) is 4.57 Å². The highest BCUT2D eigenvalue weighted by atomic mass is 32.1. The molecular formula is C26H23N3O4S. The molecule has 0 bridgehead atoms. The number of methoxy groups -OCH3 is 1. The van der Waals surface area contributed by atoms with Crippen LogP contribution in [-0.2, 0) is 14.3 Å². The number of ether oxygens (including phenoxy) is 1. The van der Waals surface area contributed by atoms with Crippen molar-refractivity contribution in [3.63, 3.8) is 0 Å². The summed E-state index contributed by atoms with van der Waals surface area (Å²) in [5.74, 6) is -0.724. The van der Waals surface area contributed by atoms with Crippen molar-refractivity contribution in [3.8, 4) is 0 Å². The van der Waals surface area contributed by atoms with E-state index in [1.165, 1.54) is 23.0 Å². The number of nitrogens with zero attached hydrogens (tertiary/aromatic N) is 3. The van der Waals surface area contributed by atoms with E-state index in [0.29, 0.717) is 32.7 Å². The molecular weight excluding hydrogens is 450 g/mol. The Balaban J connectivity index is 1.83. The Morgan fingerprint density at radius 2 is 1.79 bits per heavy atom. The Kier molecular flexibility index (Phi) is 5.53. The summed E-state index contributed by atoms with van der Waals surface area (Å²) in [4.78, 5) is 46.9. The van der Waals surface area contributed by atoms with Gasteiger partial charge in [-0.25, -0.2) is 9.79 Å². The molecule has 3 aromatic rings. The van der Waals surface area contributed by atoms with Gasteiger partial charge in [0.15, 0.2) is 4.80 Å². The van der Waals surface area contributed by atoms with Crippen LogP contribution >= 0.6 is 11.3 Å². The van der Waals surface area contributed by atoms with E-state index in [4.69, 9.17) is 4.74 Å². The SMILES string of the molecule is CCCN1C(=O)/C(=c2\sc3n(c2=O)C(c2ccccc2)C(C(=O)OC)=C(C)N=3)c2ccccc21. The van der Waals surface area contributed by atoms with Crippen molar-refractivity contribution in [1.29, 1.82) is 0 Å². The number of para-hydroxylation sites is 1. The summed E-state index contributed by atoms with van der Waals surface area (Å²) in [6, 6.07) is 16.2. The van der Waals surface area contributed by atoms with E-state index < -0.39 is 12.0 Å². The first kappa shape index (κ1) is 22.0. The third-order valence-electron chi connectivity index (χ3n) is 6.12. The molecule has 5 rings (SSSR count). The summed E-state index contributed by atoms with van der Waals surface area (Å²) < 4.78 is 6.89. The number of fused-ring (bicyclic) bond motifs is 2. The summed E-state index contributed by atoms with van der Waals surface area (Å²) in [7, 11) is 1.31. The molecule has 0 N–H and O–H groups in total. The molecule has 34 heavy (non-hydrogen) atoms. The van der Waals surface area contributed by atoms with Crippen LogP contribution in [0.1, 0.15) is 37.4 Å². The molecule has 2 aromatic carbocycles. The van der Waals surface area contributed by atoms with E-state index in [0.717, 1.165) is 23.2 Å². The molecule has 1 atom stereocenters. The molecule has 0 saturated carbocycles. The van der Waals surface area contributed by atoms with Gasteiger partial charge in [-0.05, 0) is 25.0 Å². The van der Waals surface area contributed by atoms with Crippen LogP contribution in [0.4, 0.5) is 5.69 Å². The minimum absolute atomic E-state index is 0.187. The Morgan fingerprint density at radius 1 is 1.09 bits per heavy atom. The molecule has 7 nitrogen and oxygen atoms in total. The Hall–Kier alpha value is -3.78. The zero-order valence-corrected chi connectivity index (χ0v) is 19.9. The lowest BCUT2D eigenvalue weighted by Gasteiger charge is -2.24. The molecule has 0 spiro atoms. The predicted octanol–water partition coefficient (Wildman–Crippen LogP) is 2.54. The van der Waals surface area contributed by atoms with Crippen molar-refractivity contribution >= 4 is 34.5 Å². The fourth-order valence-electron chi connectivity index (χ4n) is 4.64. The van der Waals surface area contributed by atoms with Crippen LogP contribution in [-0.4, -0.2) is 30.1 Å². The van der Waals surface area contributed by atoms with Crippen LogP contribution in [0.15, 0.2) is 75.7 Å². The molecule has 1 unspecified atom stereocenters. The average Bonchev–Trinajstić information content (AvgIpc) is 3.31. The van der Waals surface area contributed by atoms with Crippen molar-refractivity contribution in [3.05, 3.63) is 96.7 Å². The van der Waals surface area contributed by atoms with Gasteiger partial charge in [-0.1, -0.05) is 66.8 Å². The van der Waals surface area contributed by atoms with Crippen molar-refractivity contribution in [2.75, 3.05) is 18.6 Å². The number of rotatable bonds is 4. The van der Waals surface area contributed by atoms with Crippen LogP contribution in [0.2, 0.25) is 0 Å². The first-order chi connectivity index (χ1) is 16.5. The van der Waals surface area contributed by atoms with Crippen molar-refractivity contribution in [2.24, 2.45) is 4.99 Å². The van der Waals surface area contributed by atoms with Gasteiger partial charge < -0.3 is 9.64 Å². The van der Waals surface area contributed by atoms with E-state index in [1.807, 2.05) is 61.5 Å². The molecule has 0 fully saturated rings. The largest absolute Gasteiger partial charge is 0.466 e. The summed E-state index contributed by atoms with van der Waals surface area (Å²) in [5, 5.41) is 0. The van der Waals surface area contributed by atoms with E-state index in [1.54, 1.807) is 11.8 Å². The van der Waals surface area contributed by atoms with Gasteiger partial charge in [-0.2, -0.15) is 0 Å². The third-order valence-corrected chi connectivity index (χ3v) is 7.17. The van der Waals surface area contributed by atoms with Gasteiger partial charge in [0, 0.05) is 12.1 Å². The van der Waals surface area contributed by atoms with Crippen molar-refractivity contribution < 1.29 is 14.3 Å². The first-order valence-corrected chi connectivity index (χ1v) is 11.9. The Morgan fingerprint density at radius 3 is 2.50 bits per heavy atom. The maximum atomic E-state index is 13.9. The van der Waals surface area contributed by atoms with Gasteiger partial charge in [0.1, 0.15) is 4.53 Å². The minimum Gasteiger partial charge on any atom is -0.466 e. The molecule has 8 heteroatoms. The average molecular weight is 474 g/mol. The second-order valence-electron chi connectivity index (χ2n) is 8.15. The number of benzene rings is 2. The topological polar surface area (TPSA) is 81.0 Å². The number of carbonyl (C=O) groups excluding carboxylic acids is 2. The smallest absolute Gasteiger partial charge is 0.338 e. The highest BCUT2D eigenvalue weighted by Crippen LogP contribution is 2.35. The molecule has 1 amide bonds. The van der Waals surface area contributed by atoms with E-state index in [2.05, 4.69) is 4.99 Å². The van der Waals surface area contributed by atoms with E-state index in [-0.39, 0.29) is 11.5 Å². The molecule has 0 radical (unpaired) electrons. The lowest BCUT2D eigenvalue weighted by Crippen LogP contribution is -2.40. The number of hydrogen-bond donors (Lipinski definition) is 0. The summed E-state index contributed by atoms with van der Waals surface area (Å²) in [6.07, 6.45) is 0.796. The zero-order valence-electron chi connectivity index (χ0n) is 19.1. The van der Waals surface area contributed by atoms with Crippen LogP contribution in [0.5, 0.6) is 0 Å². The lowest BCUT2D eigenvalue weighted by molar-refractivity contribution is -0.136. The van der Waals surface area contributed by atoms with Crippen LogP contribution in [0.25, 0.3) is 5.57 Å². The van der Waals surface area contributed by atoms with Crippen LogP contribution < -0.4 is 19.8 Å². The molecule has 2 aliphatic rings. The minimum atomic E-state index is -0.697. The van der Waals surface area contributed by atoms with Gasteiger partial charge in [-0.3, -0.25) is 14.2 Å². The molecule has 0 saturated heterocycles. The number of aromatic nitrogens is 1. The van der Waals surface area contributed by atoms with Crippen LogP contribution in [0.3, 0.4) is 0 Å². The number of esters is 1. The number of anilines is 1. The quantitative estimate of drug-likeness (QED) is 0.546. The predicted molar refractivity (Wildman–Crippen MR) is 130 cm³/mol. The summed E-state index contributed by atoms with van der Waals surface area (Å²) in [5.41, 5.74) is 3.16. The van der Waals surface area contributed by atoms with E-state index in [9.17, 15) is 14.4 Å². The van der Waals surface area contributed by atoms with Gasteiger partial charge in [0.05, 0.1) is 35.7 Å². The van der Waals surface area contributed by atoms with Gasteiger partial charge >= 0.3 is 5.97 Å². The third kappa shape index (κ3) is 3.25. The molecule has 0 aliphatic carbocycles. The second-order valence-corrected chi connectivity index (χ2v) is 9.13. The van der Waals surface area contributed by atoms with Gasteiger partial charge in [0.25, 0.3) is 11.5 Å². The highest BCUT2D eigenvalue weighted by Gasteiger charge is 2.36. The number of hydrogen-bond acceptors (Lipinski definition) is 6.